The van der Waals surface area contributed by atoms with Gasteiger partial charge >= 0.3 is 0 Å². The van der Waals surface area contributed by atoms with Crippen LogP contribution < -0.4 is 10.6 Å². The highest BCUT2D eigenvalue weighted by atomic mass is 127. The van der Waals surface area contributed by atoms with E-state index in [2.05, 4.69) is 33.2 Å². The SMILES string of the molecule is Cc1ccc(CNC(=S)NC(=O)c2ccc(C)c(I)c2)cc1. The summed E-state index contributed by atoms with van der Waals surface area (Å²) >= 11 is 7.38. The van der Waals surface area contributed by atoms with E-state index in [1.54, 1.807) is 6.07 Å². The summed E-state index contributed by atoms with van der Waals surface area (Å²) in [6.07, 6.45) is 0. The summed E-state index contributed by atoms with van der Waals surface area (Å²) in [6, 6.07) is 13.8. The summed E-state index contributed by atoms with van der Waals surface area (Å²) in [5, 5.41) is 6.08. The maximum atomic E-state index is 12.1. The lowest BCUT2D eigenvalue weighted by Crippen LogP contribution is -2.38. The monoisotopic (exact) mass is 424 g/mol. The summed E-state index contributed by atoms with van der Waals surface area (Å²) in [5.74, 6) is -0.195. The van der Waals surface area contributed by atoms with Crippen LogP contribution in [-0.2, 0) is 6.54 Å². The molecule has 0 aliphatic carbocycles. The molecule has 2 N–H and O–H groups in total. The number of nitrogens with one attached hydrogen (secondary N) is 2. The fourth-order valence-corrected chi connectivity index (χ4v) is 2.52. The van der Waals surface area contributed by atoms with Crippen molar-refractivity contribution in [1.29, 1.82) is 0 Å². The number of hydrogen-bond acceptors (Lipinski definition) is 2. The van der Waals surface area contributed by atoms with Gasteiger partial charge in [-0.3, -0.25) is 10.1 Å². The predicted molar refractivity (Wildman–Crippen MR) is 102 cm³/mol. The number of aryl methyl sites for hydroxylation is 2. The molecule has 0 aliphatic heterocycles. The van der Waals surface area contributed by atoms with Crippen LogP contribution in [0, 0.1) is 17.4 Å². The Hall–Kier alpha value is -1.47. The number of carbonyl (C=O) groups excluding carboxylic acids is 1. The quantitative estimate of drug-likeness (QED) is 0.583. The molecule has 0 saturated heterocycles. The molecule has 0 spiro atoms. The average molecular weight is 424 g/mol. The second-order valence-corrected chi connectivity index (χ2v) is 6.66. The van der Waals surface area contributed by atoms with Gasteiger partial charge in [-0.15, -0.1) is 0 Å². The van der Waals surface area contributed by atoms with Crippen molar-refractivity contribution in [2.24, 2.45) is 0 Å². The zero-order chi connectivity index (χ0) is 16.1. The molecule has 2 aromatic carbocycles. The normalized spacial score (nSPS) is 10.1. The zero-order valence-corrected chi connectivity index (χ0v) is 15.4. The third kappa shape index (κ3) is 4.78. The van der Waals surface area contributed by atoms with Gasteiger partial charge in [0.05, 0.1) is 0 Å². The van der Waals surface area contributed by atoms with E-state index < -0.39 is 0 Å². The molecule has 0 saturated carbocycles. The van der Waals surface area contributed by atoms with Crippen LogP contribution in [0.4, 0.5) is 0 Å². The molecule has 0 heterocycles. The van der Waals surface area contributed by atoms with E-state index in [1.165, 1.54) is 5.56 Å². The minimum atomic E-state index is -0.195. The van der Waals surface area contributed by atoms with Crippen LogP contribution in [0.5, 0.6) is 0 Å². The highest BCUT2D eigenvalue weighted by Gasteiger charge is 2.09. The molecule has 3 nitrogen and oxygen atoms in total. The first-order chi connectivity index (χ1) is 10.5. The first kappa shape index (κ1) is 16.9. The van der Waals surface area contributed by atoms with Gasteiger partial charge in [-0.2, -0.15) is 0 Å². The predicted octanol–water partition coefficient (Wildman–Crippen LogP) is 3.71. The van der Waals surface area contributed by atoms with Crippen molar-refractivity contribution >= 4 is 45.8 Å². The van der Waals surface area contributed by atoms with Crippen molar-refractivity contribution in [3.8, 4) is 0 Å². The van der Waals surface area contributed by atoms with Gasteiger partial charge in [0.2, 0.25) is 0 Å². The van der Waals surface area contributed by atoms with Gasteiger partial charge in [-0.05, 0) is 71.9 Å². The van der Waals surface area contributed by atoms with Crippen molar-refractivity contribution in [2.75, 3.05) is 0 Å². The molecular weight excluding hydrogens is 407 g/mol. The van der Waals surface area contributed by atoms with E-state index >= 15 is 0 Å². The van der Waals surface area contributed by atoms with Gasteiger partial charge in [0, 0.05) is 15.7 Å². The largest absolute Gasteiger partial charge is 0.358 e. The van der Waals surface area contributed by atoms with Crippen molar-refractivity contribution in [2.45, 2.75) is 20.4 Å². The van der Waals surface area contributed by atoms with E-state index in [-0.39, 0.29) is 5.91 Å². The van der Waals surface area contributed by atoms with Crippen molar-refractivity contribution in [3.05, 3.63) is 68.3 Å². The van der Waals surface area contributed by atoms with Gasteiger partial charge in [-0.25, -0.2) is 0 Å². The van der Waals surface area contributed by atoms with Crippen molar-refractivity contribution in [1.82, 2.24) is 10.6 Å². The topological polar surface area (TPSA) is 41.1 Å². The Morgan fingerprint density at radius 3 is 2.45 bits per heavy atom. The van der Waals surface area contributed by atoms with E-state index in [9.17, 15) is 4.79 Å². The summed E-state index contributed by atoms with van der Waals surface area (Å²) in [4.78, 5) is 12.1. The highest BCUT2D eigenvalue weighted by Crippen LogP contribution is 2.13. The van der Waals surface area contributed by atoms with Crippen LogP contribution in [0.1, 0.15) is 27.0 Å². The van der Waals surface area contributed by atoms with E-state index in [0.29, 0.717) is 17.2 Å². The molecule has 0 bridgehead atoms. The molecule has 5 heteroatoms. The second-order valence-electron chi connectivity index (χ2n) is 5.09. The lowest BCUT2D eigenvalue weighted by atomic mass is 10.1. The lowest BCUT2D eigenvalue weighted by Gasteiger charge is -2.10. The molecule has 2 rings (SSSR count). The van der Waals surface area contributed by atoms with Crippen LogP contribution in [0.3, 0.4) is 0 Å². The molecule has 0 radical (unpaired) electrons. The molecule has 0 aliphatic rings. The van der Waals surface area contributed by atoms with Crippen LogP contribution in [0.25, 0.3) is 0 Å². The summed E-state index contributed by atoms with van der Waals surface area (Å²) in [5.41, 5.74) is 4.09. The number of thiocarbonyl (C=S) groups is 1. The summed E-state index contributed by atoms with van der Waals surface area (Å²) in [7, 11) is 0. The third-order valence-electron chi connectivity index (χ3n) is 3.23. The van der Waals surface area contributed by atoms with Gasteiger partial charge in [-0.1, -0.05) is 35.9 Å². The molecule has 0 unspecified atom stereocenters. The zero-order valence-electron chi connectivity index (χ0n) is 12.4. The van der Waals surface area contributed by atoms with Crippen LogP contribution >= 0.6 is 34.8 Å². The second kappa shape index (κ2) is 7.69. The minimum Gasteiger partial charge on any atom is -0.358 e. The maximum Gasteiger partial charge on any atom is 0.257 e. The van der Waals surface area contributed by atoms with Gasteiger partial charge in [0.25, 0.3) is 5.91 Å². The standard InChI is InChI=1S/C17H17IN2OS/c1-11-3-6-13(7-4-11)10-19-17(22)20-16(21)14-8-5-12(2)15(18)9-14/h3-9H,10H2,1-2H3,(H2,19,20,21,22). The first-order valence-corrected chi connectivity index (χ1v) is 8.35. The van der Waals surface area contributed by atoms with Crippen LogP contribution in [0.2, 0.25) is 0 Å². The van der Waals surface area contributed by atoms with E-state index in [4.69, 9.17) is 12.2 Å². The molecule has 22 heavy (non-hydrogen) atoms. The minimum absolute atomic E-state index is 0.195. The Kier molecular flexibility index (Phi) is 5.90. The maximum absolute atomic E-state index is 12.1. The molecule has 0 aromatic heterocycles. The fourth-order valence-electron chi connectivity index (χ4n) is 1.84. The molecule has 0 atom stereocenters. The Balaban J connectivity index is 1.89. The highest BCUT2D eigenvalue weighted by molar-refractivity contribution is 14.1. The van der Waals surface area contributed by atoms with Gasteiger partial charge in [0.15, 0.2) is 5.11 Å². The Labute approximate surface area is 149 Å². The number of halogens is 1. The molecular formula is C17H17IN2OS. The summed E-state index contributed by atoms with van der Waals surface area (Å²) < 4.78 is 1.06. The molecule has 114 valence electrons. The van der Waals surface area contributed by atoms with Gasteiger partial charge < -0.3 is 5.32 Å². The molecule has 1 amide bonds. The van der Waals surface area contributed by atoms with E-state index in [1.807, 2.05) is 50.2 Å². The Bertz CT molecular complexity index is 698. The lowest BCUT2D eigenvalue weighted by molar-refractivity contribution is 0.0976. The number of rotatable bonds is 3. The number of carbonyl (C=O) groups is 1. The Morgan fingerprint density at radius 2 is 1.82 bits per heavy atom. The smallest absolute Gasteiger partial charge is 0.257 e. The van der Waals surface area contributed by atoms with Crippen LogP contribution in [-0.4, -0.2) is 11.0 Å². The van der Waals surface area contributed by atoms with E-state index in [0.717, 1.165) is 14.7 Å². The average Bonchev–Trinajstić information content (AvgIpc) is 2.49. The first-order valence-electron chi connectivity index (χ1n) is 6.86. The Morgan fingerprint density at radius 1 is 1.14 bits per heavy atom. The number of amides is 1. The number of benzene rings is 2. The van der Waals surface area contributed by atoms with Crippen LogP contribution in [0.15, 0.2) is 42.5 Å². The third-order valence-corrected chi connectivity index (χ3v) is 4.64. The van der Waals surface area contributed by atoms with Crippen molar-refractivity contribution < 1.29 is 4.79 Å². The summed E-state index contributed by atoms with van der Waals surface area (Å²) in [6.45, 7) is 4.65. The molecule has 0 fully saturated rings. The van der Waals surface area contributed by atoms with Crippen molar-refractivity contribution in [3.63, 3.8) is 0 Å². The number of hydrogen-bond donors (Lipinski definition) is 2. The molecule has 2 aromatic rings. The van der Waals surface area contributed by atoms with Gasteiger partial charge in [0.1, 0.15) is 0 Å². The fraction of sp³-hybridized carbons (Fsp3) is 0.176.